The van der Waals surface area contributed by atoms with Gasteiger partial charge in [-0.05, 0) is 24.2 Å². The van der Waals surface area contributed by atoms with Crippen molar-refractivity contribution in [2.45, 2.75) is 39.3 Å². The summed E-state index contributed by atoms with van der Waals surface area (Å²) in [5, 5.41) is 0. The Hall–Kier alpha value is 0.180. The van der Waals surface area contributed by atoms with Gasteiger partial charge in [0.05, 0.1) is 0 Å². The van der Waals surface area contributed by atoms with E-state index in [0.29, 0.717) is 18.8 Å². The van der Waals surface area contributed by atoms with Crippen LogP contribution in [0.2, 0.25) is 0 Å². The molecular formula is C9H19ClFN. The van der Waals surface area contributed by atoms with Gasteiger partial charge < -0.3 is 5.73 Å². The molecule has 1 rings (SSSR count). The van der Waals surface area contributed by atoms with Crippen molar-refractivity contribution < 1.29 is 4.39 Å². The SMILES string of the molecule is CC(C)(C)C1CC(F)(CN)C1.Cl. The molecule has 1 saturated carbocycles. The minimum Gasteiger partial charge on any atom is -0.328 e. The van der Waals surface area contributed by atoms with E-state index in [1.54, 1.807) is 0 Å². The summed E-state index contributed by atoms with van der Waals surface area (Å²) in [4.78, 5) is 0. The third-order valence-electron chi connectivity index (χ3n) is 2.82. The number of hydrogen-bond donors (Lipinski definition) is 1. The van der Waals surface area contributed by atoms with Crippen molar-refractivity contribution in [1.82, 2.24) is 0 Å². The molecular weight excluding hydrogens is 177 g/mol. The fourth-order valence-electron chi connectivity index (χ4n) is 1.60. The molecule has 0 bridgehead atoms. The zero-order valence-electron chi connectivity index (χ0n) is 8.06. The minimum atomic E-state index is -1.03. The predicted molar refractivity (Wildman–Crippen MR) is 52.3 cm³/mol. The normalized spacial score (nSPS) is 35.2. The van der Waals surface area contributed by atoms with Gasteiger partial charge in [-0.25, -0.2) is 4.39 Å². The van der Waals surface area contributed by atoms with Crippen LogP contribution in [0.15, 0.2) is 0 Å². The number of halogens is 2. The van der Waals surface area contributed by atoms with Crippen molar-refractivity contribution in [2.75, 3.05) is 6.54 Å². The number of rotatable bonds is 1. The minimum absolute atomic E-state index is 0. The quantitative estimate of drug-likeness (QED) is 0.684. The highest BCUT2D eigenvalue weighted by Gasteiger charge is 2.47. The molecule has 0 atom stereocenters. The third kappa shape index (κ3) is 2.33. The monoisotopic (exact) mass is 195 g/mol. The maximum absolute atomic E-state index is 13.3. The molecule has 0 amide bonds. The van der Waals surface area contributed by atoms with Crippen molar-refractivity contribution in [3.63, 3.8) is 0 Å². The Balaban J connectivity index is 0.00000121. The third-order valence-corrected chi connectivity index (χ3v) is 2.82. The Morgan fingerprint density at radius 2 is 1.83 bits per heavy atom. The van der Waals surface area contributed by atoms with Gasteiger partial charge in [0, 0.05) is 6.54 Å². The Morgan fingerprint density at radius 1 is 1.42 bits per heavy atom. The van der Waals surface area contributed by atoms with Crippen molar-refractivity contribution in [3.05, 3.63) is 0 Å². The first-order valence-corrected chi connectivity index (χ1v) is 4.26. The Bertz CT molecular complexity index is 147. The van der Waals surface area contributed by atoms with Crippen molar-refractivity contribution in [2.24, 2.45) is 17.1 Å². The lowest BCUT2D eigenvalue weighted by atomic mass is 9.61. The van der Waals surface area contributed by atoms with E-state index in [4.69, 9.17) is 5.73 Å². The molecule has 1 fully saturated rings. The largest absolute Gasteiger partial charge is 0.328 e. The van der Waals surface area contributed by atoms with Crippen molar-refractivity contribution in [3.8, 4) is 0 Å². The van der Waals surface area contributed by atoms with Crippen LogP contribution in [0.1, 0.15) is 33.6 Å². The molecule has 0 spiro atoms. The summed E-state index contributed by atoms with van der Waals surface area (Å²) in [6, 6.07) is 0. The van der Waals surface area contributed by atoms with Crippen LogP contribution >= 0.6 is 12.4 Å². The van der Waals surface area contributed by atoms with E-state index < -0.39 is 5.67 Å². The standard InChI is InChI=1S/C9H18FN.ClH/c1-8(2,3)7-4-9(10,5-7)6-11;/h7H,4-6,11H2,1-3H3;1H. The zero-order valence-corrected chi connectivity index (χ0v) is 8.88. The predicted octanol–water partition coefficient (Wildman–Crippen LogP) is 2.53. The highest BCUT2D eigenvalue weighted by Crippen LogP contribution is 2.49. The zero-order chi connectivity index (χ0) is 8.70. The van der Waals surface area contributed by atoms with Gasteiger partial charge in [0.15, 0.2) is 0 Å². The lowest BCUT2D eigenvalue weighted by Crippen LogP contribution is -2.49. The van der Waals surface area contributed by atoms with Gasteiger partial charge in [-0.2, -0.15) is 0 Å². The molecule has 74 valence electrons. The fourth-order valence-corrected chi connectivity index (χ4v) is 1.60. The fraction of sp³-hybridized carbons (Fsp3) is 1.00. The highest BCUT2D eigenvalue weighted by atomic mass is 35.5. The summed E-state index contributed by atoms with van der Waals surface area (Å²) < 4.78 is 13.3. The van der Waals surface area contributed by atoms with Gasteiger partial charge in [0.2, 0.25) is 0 Å². The van der Waals surface area contributed by atoms with Crippen LogP contribution in [0.4, 0.5) is 4.39 Å². The van der Waals surface area contributed by atoms with Crippen LogP contribution in [0.25, 0.3) is 0 Å². The van der Waals surface area contributed by atoms with Crippen LogP contribution in [0, 0.1) is 11.3 Å². The molecule has 0 aromatic carbocycles. The van der Waals surface area contributed by atoms with Crippen LogP contribution in [-0.2, 0) is 0 Å². The summed E-state index contributed by atoms with van der Waals surface area (Å²) in [6.45, 7) is 6.68. The van der Waals surface area contributed by atoms with E-state index in [9.17, 15) is 4.39 Å². The molecule has 0 aromatic rings. The summed E-state index contributed by atoms with van der Waals surface area (Å²) in [5.41, 5.74) is 4.52. The molecule has 0 saturated heterocycles. The molecule has 1 aliphatic carbocycles. The molecule has 1 nitrogen and oxygen atoms in total. The second kappa shape index (κ2) is 3.51. The second-order valence-electron chi connectivity index (χ2n) is 4.83. The van der Waals surface area contributed by atoms with Gasteiger partial charge in [0.1, 0.15) is 5.67 Å². The topological polar surface area (TPSA) is 26.0 Å². The van der Waals surface area contributed by atoms with Gasteiger partial charge in [-0.15, -0.1) is 12.4 Å². The van der Waals surface area contributed by atoms with Gasteiger partial charge in [-0.3, -0.25) is 0 Å². The van der Waals surface area contributed by atoms with E-state index in [1.165, 1.54) is 0 Å². The Morgan fingerprint density at radius 3 is 2.08 bits per heavy atom. The maximum atomic E-state index is 13.3. The molecule has 2 N–H and O–H groups in total. The molecule has 3 heteroatoms. The summed E-state index contributed by atoms with van der Waals surface area (Å²) in [6.07, 6.45) is 1.32. The molecule has 0 unspecified atom stereocenters. The molecule has 1 aliphatic rings. The maximum Gasteiger partial charge on any atom is 0.123 e. The summed E-state index contributed by atoms with van der Waals surface area (Å²) >= 11 is 0. The molecule has 0 heterocycles. The van der Waals surface area contributed by atoms with E-state index in [1.807, 2.05) is 0 Å². The smallest absolute Gasteiger partial charge is 0.123 e. The van der Waals surface area contributed by atoms with Gasteiger partial charge >= 0.3 is 0 Å². The van der Waals surface area contributed by atoms with Gasteiger partial charge in [0.25, 0.3) is 0 Å². The lowest BCUT2D eigenvalue weighted by molar-refractivity contribution is -0.0358. The molecule has 0 radical (unpaired) electrons. The summed E-state index contributed by atoms with van der Waals surface area (Å²) in [7, 11) is 0. The highest BCUT2D eigenvalue weighted by molar-refractivity contribution is 5.85. The molecule has 12 heavy (non-hydrogen) atoms. The second-order valence-corrected chi connectivity index (χ2v) is 4.83. The van der Waals surface area contributed by atoms with E-state index in [-0.39, 0.29) is 24.4 Å². The van der Waals surface area contributed by atoms with Crippen LogP contribution in [-0.4, -0.2) is 12.2 Å². The van der Waals surface area contributed by atoms with Crippen LogP contribution < -0.4 is 5.73 Å². The molecule has 0 aliphatic heterocycles. The first-order valence-electron chi connectivity index (χ1n) is 4.26. The number of hydrogen-bond acceptors (Lipinski definition) is 1. The Labute approximate surface area is 80.3 Å². The number of nitrogens with two attached hydrogens (primary N) is 1. The van der Waals surface area contributed by atoms with Gasteiger partial charge in [-0.1, -0.05) is 20.8 Å². The van der Waals surface area contributed by atoms with E-state index >= 15 is 0 Å². The summed E-state index contributed by atoms with van der Waals surface area (Å²) in [5.74, 6) is 0.524. The van der Waals surface area contributed by atoms with Crippen molar-refractivity contribution >= 4 is 12.4 Å². The average Bonchev–Trinajstić information content (AvgIpc) is 1.78. The first-order chi connectivity index (χ1) is 4.87. The lowest BCUT2D eigenvalue weighted by Gasteiger charge is -2.47. The number of alkyl halides is 1. The first kappa shape index (κ1) is 12.2. The van der Waals surface area contributed by atoms with Crippen molar-refractivity contribution in [1.29, 1.82) is 0 Å². The van der Waals surface area contributed by atoms with Crippen LogP contribution in [0.5, 0.6) is 0 Å². The average molecular weight is 196 g/mol. The Kier molecular flexibility index (Phi) is 3.56. The van der Waals surface area contributed by atoms with E-state index in [2.05, 4.69) is 20.8 Å². The molecule has 0 aromatic heterocycles. The van der Waals surface area contributed by atoms with Crippen LogP contribution in [0.3, 0.4) is 0 Å². The van der Waals surface area contributed by atoms with E-state index in [0.717, 1.165) is 0 Å².